The quantitative estimate of drug-likeness (QED) is 0.917. The average Bonchev–Trinajstić information content (AvgIpc) is 2.63. The van der Waals surface area contributed by atoms with Crippen LogP contribution in [0.1, 0.15) is 36.3 Å². The molecule has 2 atom stereocenters. The van der Waals surface area contributed by atoms with Gasteiger partial charge in [0.15, 0.2) is 0 Å². The molecule has 0 saturated carbocycles. The first-order chi connectivity index (χ1) is 11.7. The molecule has 24 heavy (non-hydrogen) atoms. The van der Waals surface area contributed by atoms with E-state index >= 15 is 0 Å². The van der Waals surface area contributed by atoms with Crippen LogP contribution in [0.25, 0.3) is 0 Å². The summed E-state index contributed by atoms with van der Waals surface area (Å²) in [6.45, 7) is 1.55. The summed E-state index contributed by atoms with van der Waals surface area (Å²) in [5.41, 5.74) is 8.54. The highest BCUT2D eigenvalue weighted by Crippen LogP contribution is 2.26. The Hall–Kier alpha value is -2.13. The van der Waals surface area contributed by atoms with Crippen LogP contribution in [-0.2, 0) is 11.2 Å². The normalized spacial score (nSPS) is 19.0. The van der Waals surface area contributed by atoms with E-state index in [-0.39, 0.29) is 17.9 Å². The number of hydrogen-bond acceptors (Lipinski definition) is 2. The summed E-state index contributed by atoms with van der Waals surface area (Å²) in [6.07, 6.45) is 3.47. The zero-order chi connectivity index (χ0) is 16.8. The lowest BCUT2D eigenvalue weighted by Crippen LogP contribution is -2.46. The van der Waals surface area contributed by atoms with Gasteiger partial charge in [0.25, 0.3) is 0 Å². The van der Waals surface area contributed by atoms with E-state index in [0.29, 0.717) is 13.0 Å². The Morgan fingerprint density at radius 1 is 1.08 bits per heavy atom. The largest absolute Gasteiger partial charge is 0.341 e. The van der Waals surface area contributed by atoms with Crippen molar-refractivity contribution >= 4 is 5.91 Å². The van der Waals surface area contributed by atoms with E-state index in [9.17, 15) is 4.79 Å². The van der Waals surface area contributed by atoms with Crippen LogP contribution in [0.2, 0.25) is 0 Å². The van der Waals surface area contributed by atoms with E-state index in [1.54, 1.807) is 0 Å². The molecule has 1 saturated heterocycles. The molecule has 2 aromatic rings. The Morgan fingerprint density at radius 2 is 1.75 bits per heavy atom. The Labute approximate surface area is 144 Å². The molecule has 1 heterocycles. The van der Waals surface area contributed by atoms with Crippen molar-refractivity contribution in [3.05, 3.63) is 71.8 Å². The summed E-state index contributed by atoms with van der Waals surface area (Å²) >= 11 is 0. The minimum Gasteiger partial charge on any atom is -0.341 e. The van der Waals surface area contributed by atoms with E-state index < -0.39 is 0 Å². The minimum absolute atomic E-state index is 0.131. The fraction of sp³-hybridized carbons (Fsp3) is 0.381. The molecule has 0 aromatic heterocycles. The van der Waals surface area contributed by atoms with Crippen molar-refractivity contribution in [2.24, 2.45) is 5.73 Å². The van der Waals surface area contributed by atoms with Crippen molar-refractivity contribution in [1.29, 1.82) is 0 Å². The smallest absolute Gasteiger partial charge is 0.223 e. The second-order valence-electron chi connectivity index (χ2n) is 6.74. The van der Waals surface area contributed by atoms with E-state index in [1.807, 2.05) is 17.0 Å². The average molecular weight is 322 g/mol. The number of carbonyl (C=O) groups excluding carboxylic acids is 1. The van der Waals surface area contributed by atoms with Crippen LogP contribution in [0.4, 0.5) is 0 Å². The minimum atomic E-state index is 0.131. The number of benzene rings is 2. The van der Waals surface area contributed by atoms with Crippen molar-refractivity contribution in [2.45, 2.75) is 37.6 Å². The van der Waals surface area contributed by atoms with Gasteiger partial charge in [-0.15, -0.1) is 0 Å². The van der Waals surface area contributed by atoms with E-state index in [2.05, 4.69) is 48.5 Å². The summed E-state index contributed by atoms with van der Waals surface area (Å²) < 4.78 is 0. The van der Waals surface area contributed by atoms with Gasteiger partial charge in [-0.3, -0.25) is 4.79 Å². The Kier molecular flexibility index (Phi) is 5.65. The second-order valence-corrected chi connectivity index (χ2v) is 6.74. The van der Waals surface area contributed by atoms with Crippen LogP contribution >= 0.6 is 0 Å². The van der Waals surface area contributed by atoms with Gasteiger partial charge in [0.1, 0.15) is 0 Å². The van der Waals surface area contributed by atoms with Crippen LogP contribution in [0.15, 0.2) is 60.7 Å². The van der Waals surface area contributed by atoms with Crippen LogP contribution < -0.4 is 5.73 Å². The molecule has 3 heteroatoms. The maximum absolute atomic E-state index is 12.8. The fourth-order valence-electron chi connectivity index (χ4n) is 3.51. The fourth-order valence-corrected chi connectivity index (χ4v) is 3.51. The van der Waals surface area contributed by atoms with Gasteiger partial charge in [0.05, 0.1) is 0 Å². The number of hydrogen-bond donors (Lipinski definition) is 1. The summed E-state index contributed by atoms with van der Waals surface area (Å²) in [5.74, 6) is 0.439. The lowest BCUT2D eigenvalue weighted by Gasteiger charge is -2.32. The topological polar surface area (TPSA) is 46.3 Å². The van der Waals surface area contributed by atoms with Crippen molar-refractivity contribution in [2.75, 3.05) is 13.1 Å². The van der Waals surface area contributed by atoms with Gasteiger partial charge in [-0.2, -0.15) is 0 Å². The molecule has 0 spiro atoms. The molecule has 126 valence electrons. The van der Waals surface area contributed by atoms with Gasteiger partial charge in [0, 0.05) is 25.6 Å². The summed E-state index contributed by atoms with van der Waals surface area (Å²) in [4.78, 5) is 14.7. The van der Waals surface area contributed by atoms with Crippen molar-refractivity contribution in [3.63, 3.8) is 0 Å². The van der Waals surface area contributed by atoms with Crippen molar-refractivity contribution in [3.8, 4) is 0 Å². The number of nitrogens with two attached hydrogens (primary N) is 1. The van der Waals surface area contributed by atoms with E-state index in [4.69, 9.17) is 5.73 Å². The van der Waals surface area contributed by atoms with Crippen LogP contribution in [-0.4, -0.2) is 29.9 Å². The van der Waals surface area contributed by atoms with Crippen LogP contribution in [0.5, 0.6) is 0 Å². The second kappa shape index (κ2) is 8.11. The van der Waals surface area contributed by atoms with Gasteiger partial charge in [-0.05, 0) is 36.3 Å². The maximum atomic E-state index is 12.8. The molecule has 1 fully saturated rings. The number of nitrogens with zero attached hydrogens (tertiary/aromatic N) is 1. The van der Waals surface area contributed by atoms with Gasteiger partial charge in [-0.1, -0.05) is 60.7 Å². The van der Waals surface area contributed by atoms with Crippen LogP contribution in [0, 0.1) is 0 Å². The van der Waals surface area contributed by atoms with E-state index in [1.165, 1.54) is 11.1 Å². The zero-order valence-electron chi connectivity index (χ0n) is 14.1. The third-order valence-electron chi connectivity index (χ3n) is 4.83. The molecular formula is C21H26N2O. The lowest BCUT2D eigenvalue weighted by atomic mass is 9.88. The molecule has 0 bridgehead atoms. The molecular weight excluding hydrogens is 296 g/mol. The molecule has 0 radical (unpaired) electrons. The molecule has 3 rings (SSSR count). The first kappa shape index (κ1) is 16.7. The molecule has 1 aliphatic heterocycles. The maximum Gasteiger partial charge on any atom is 0.223 e. The molecule has 1 amide bonds. The summed E-state index contributed by atoms with van der Waals surface area (Å²) in [6, 6.07) is 20.9. The number of carbonyl (C=O) groups is 1. The number of amides is 1. The Morgan fingerprint density at radius 3 is 2.42 bits per heavy atom. The third-order valence-corrected chi connectivity index (χ3v) is 4.83. The standard InChI is InChI=1S/C21H26N2O/c22-20-12-7-13-23(16-20)21(24)15-19(18-10-5-2-6-11-18)14-17-8-3-1-4-9-17/h1-6,8-11,19-20H,7,12-16,22H2. The number of likely N-dealkylation sites (tertiary alicyclic amines) is 1. The van der Waals surface area contributed by atoms with E-state index in [0.717, 1.165) is 25.8 Å². The SMILES string of the molecule is NC1CCCN(C(=O)CC(Cc2ccccc2)c2ccccc2)C1. The molecule has 2 aromatic carbocycles. The highest BCUT2D eigenvalue weighted by atomic mass is 16.2. The monoisotopic (exact) mass is 322 g/mol. The van der Waals surface area contributed by atoms with Crippen molar-refractivity contribution in [1.82, 2.24) is 4.90 Å². The van der Waals surface area contributed by atoms with Crippen LogP contribution in [0.3, 0.4) is 0 Å². The predicted molar refractivity (Wildman–Crippen MR) is 97.7 cm³/mol. The molecule has 2 unspecified atom stereocenters. The first-order valence-electron chi connectivity index (χ1n) is 8.84. The van der Waals surface area contributed by atoms with Crippen molar-refractivity contribution < 1.29 is 4.79 Å². The summed E-state index contributed by atoms with van der Waals surface area (Å²) in [7, 11) is 0. The molecule has 1 aliphatic rings. The number of piperidine rings is 1. The predicted octanol–water partition coefficient (Wildman–Crippen LogP) is 3.35. The molecule has 2 N–H and O–H groups in total. The molecule has 0 aliphatic carbocycles. The Bertz CT molecular complexity index is 641. The first-order valence-corrected chi connectivity index (χ1v) is 8.84. The number of rotatable bonds is 5. The van der Waals surface area contributed by atoms with Gasteiger partial charge >= 0.3 is 0 Å². The van der Waals surface area contributed by atoms with Gasteiger partial charge < -0.3 is 10.6 Å². The Balaban J connectivity index is 1.73. The zero-order valence-corrected chi connectivity index (χ0v) is 14.1. The lowest BCUT2D eigenvalue weighted by molar-refractivity contribution is -0.132. The summed E-state index contributed by atoms with van der Waals surface area (Å²) in [5, 5.41) is 0. The van der Waals surface area contributed by atoms with Gasteiger partial charge in [-0.25, -0.2) is 0 Å². The highest BCUT2D eigenvalue weighted by Gasteiger charge is 2.24. The highest BCUT2D eigenvalue weighted by molar-refractivity contribution is 5.77. The van der Waals surface area contributed by atoms with Gasteiger partial charge in [0.2, 0.25) is 5.91 Å². The third kappa shape index (κ3) is 4.45. The molecule has 3 nitrogen and oxygen atoms in total.